The van der Waals surface area contributed by atoms with E-state index in [1.165, 1.54) is 0 Å². The SMILES string of the molecule is C=C[C@@H](c1c(Cl)cccc1Cl)N1CCNCC1.Cl.Cl. The van der Waals surface area contributed by atoms with E-state index in [-0.39, 0.29) is 30.9 Å². The molecule has 0 aliphatic carbocycles. The zero-order valence-corrected chi connectivity index (χ0v) is 13.6. The predicted molar refractivity (Wildman–Crippen MR) is 88.3 cm³/mol. The topological polar surface area (TPSA) is 15.3 Å². The Kier molecular flexibility index (Phi) is 9.08. The number of rotatable bonds is 3. The van der Waals surface area contributed by atoms with Gasteiger partial charge in [-0.1, -0.05) is 35.3 Å². The van der Waals surface area contributed by atoms with Gasteiger partial charge in [0.1, 0.15) is 0 Å². The van der Waals surface area contributed by atoms with Crippen LogP contribution in [-0.2, 0) is 0 Å². The summed E-state index contributed by atoms with van der Waals surface area (Å²) in [6.45, 7) is 7.87. The molecule has 2 nitrogen and oxygen atoms in total. The van der Waals surface area contributed by atoms with Crippen LogP contribution in [0.5, 0.6) is 0 Å². The summed E-state index contributed by atoms with van der Waals surface area (Å²) in [4.78, 5) is 2.34. The number of halogens is 4. The Morgan fingerprint density at radius 1 is 1.16 bits per heavy atom. The van der Waals surface area contributed by atoms with E-state index in [1.54, 1.807) is 0 Å². The van der Waals surface area contributed by atoms with Crippen molar-refractivity contribution in [3.8, 4) is 0 Å². The summed E-state index contributed by atoms with van der Waals surface area (Å²) in [6.07, 6.45) is 1.92. The first-order chi connectivity index (χ1) is 8.24. The highest BCUT2D eigenvalue weighted by molar-refractivity contribution is 6.36. The molecule has 1 N–H and O–H groups in total. The lowest BCUT2D eigenvalue weighted by atomic mass is 10.0. The van der Waals surface area contributed by atoms with Gasteiger partial charge in [0.05, 0.1) is 6.04 Å². The summed E-state index contributed by atoms with van der Waals surface area (Å²) >= 11 is 12.5. The van der Waals surface area contributed by atoms with Crippen molar-refractivity contribution in [2.75, 3.05) is 26.2 Å². The van der Waals surface area contributed by atoms with E-state index >= 15 is 0 Å². The van der Waals surface area contributed by atoms with Crippen LogP contribution in [0.1, 0.15) is 11.6 Å². The maximum atomic E-state index is 6.25. The van der Waals surface area contributed by atoms with Gasteiger partial charge in [-0.3, -0.25) is 4.90 Å². The molecule has 6 heteroatoms. The zero-order valence-electron chi connectivity index (χ0n) is 10.4. The average Bonchev–Trinajstić information content (AvgIpc) is 2.35. The molecule has 1 aromatic carbocycles. The Bertz CT molecular complexity index is 385. The standard InChI is InChI=1S/C13H16Cl2N2.2ClH/c1-2-12(17-8-6-16-7-9-17)13-10(14)4-3-5-11(13)15;;/h2-5,12,16H,1,6-9H2;2*1H/t12-;;/m0../s1. The third-order valence-electron chi connectivity index (χ3n) is 3.06. The van der Waals surface area contributed by atoms with Crippen LogP contribution in [0, 0.1) is 0 Å². The Hall–Kier alpha value is 0.0400. The Morgan fingerprint density at radius 3 is 2.16 bits per heavy atom. The van der Waals surface area contributed by atoms with E-state index < -0.39 is 0 Å². The van der Waals surface area contributed by atoms with E-state index in [9.17, 15) is 0 Å². The van der Waals surface area contributed by atoms with E-state index in [1.807, 2.05) is 24.3 Å². The summed E-state index contributed by atoms with van der Waals surface area (Å²) in [5, 5.41) is 4.75. The van der Waals surface area contributed by atoms with Gasteiger partial charge >= 0.3 is 0 Å². The second-order valence-electron chi connectivity index (χ2n) is 4.10. The minimum absolute atomic E-state index is 0. The first kappa shape index (κ1) is 19.0. The third-order valence-corrected chi connectivity index (χ3v) is 3.72. The second-order valence-corrected chi connectivity index (χ2v) is 4.92. The van der Waals surface area contributed by atoms with Crippen molar-refractivity contribution in [3.05, 3.63) is 46.5 Å². The van der Waals surface area contributed by atoms with Gasteiger partial charge in [-0.05, 0) is 12.1 Å². The minimum Gasteiger partial charge on any atom is -0.314 e. The molecule has 0 unspecified atom stereocenters. The third kappa shape index (κ3) is 4.52. The van der Waals surface area contributed by atoms with Crippen molar-refractivity contribution in [1.82, 2.24) is 10.2 Å². The minimum atomic E-state index is 0. The molecular formula is C13H18Cl4N2. The Morgan fingerprint density at radius 2 is 1.68 bits per heavy atom. The molecule has 2 rings (SSSR count). The number of benzene rings is 1. The van der Waals surface area contributed by atoms with E-state index in [0.29, 0.717) is 10.0 Å². The lowest BCUT2D eigenvalue weighted by Crippen LogP contribution is -2.44. The number of hydrogen-bond donors (Lipinski definition) is 1. The first-order valence-electron chi connectivity index (χ1n) is 5.75. The van der Waals surface area contributed by atoms with Gasteiger partial charge in [0.2, 0.25) is 0 Å². The molecule has 108 valence electrons. The van der Waals surface area contributed by atoms with Crippen LogP contribution in [0.15, 0.2) is 30.9 Å². The molecule has 0 aromatic heterocycles. The highest BCUT2D eigenvalue weighted by Crippen LogP contribution is 2.34. The Labute approximate surface area is 137 Å². The maximum absolute atomic E-state index is 6.25. The quantitative estimate of drug-likeness (QED) is 0.835. The van der Waals surface area contributed by atoms with Crippen molar-refractivity contribution in [3.63, 3.8) is 0 Å². The fourth-order valence-electron chi connectivity index (χ4n) is 2.20. The first-order valence-corrected chi connectivity index (χ1v) is 6.51. The molecule has 0 radical (unpaired) electrons. The van der Waals surface area contributed by atoms with Gasteiger partial charge in [-0.15, -0.1) is 31.4 Å². The van der Waals surface area contributed by atoms with E-state index in [4.69, 9.17) is 23.2 Å². The largest absolute Gasteiger partial charge is 0.314 e. The predicted octanol–water partition coefficient (Wildman–Crippen LogP) is 3.97. The van der Waals surface area contributed by atoms with Crippen molar-refractivity contribution >= 4 is 48.0 Å². The monoisotopic (exact) mass is 342 g/mol. The van der Waals surface area contributed by atoms with Gasteiger partial charge in [0, 0.05) is 41.8 Å². The molecule has 0 bridgehead atoms. The van der Waals surface area contributed by atoms with Crippen LogP contribution in [-0.4, -0.2) is 31.1 Å². The number of hydrogen-bond acceptors (Lipinski definition) is 2. The zero-order chi connectivity index (χ0) is 12.3. The van der Waals surface area contributed by atoms with Crippen LogP contribution < -0.4 is 5.32 Å². The van der Waals surface area contributed by atoms with Gasteiger partial charge in [0.15, 0.2) is 0 Å². The fraction of sp³-hybridized carbons (Fsp3) is 0.385. The van der Waals surface area contributed by atoms with Gasteiger partial charge < -0.3 is 5.32 Å². The second kappa shape index (κ2) is 9.06. The van der Waals surface area contributed by atoms with Gasteiger partial charge in [0.25, 0.3) is 0 Å². The Balaban J connectivity index is 0.00000162. The molecule has 1 fully saturated rings. The van der Waals surface area contributed by atoms with Gasteiger partial charge in [-0.25, -0.2) is 0 Å². The van der Waals surface area contributed by atoms with Crippen molar-refractivity contribution in [1.29, 1.82) is 0 Å². The molecule has 1 aliphatic heterocycles. The van der Waals surface area contributed by atoms with Crippen LogP contribution in [0.25, 0.3) is 0 Å². The normalized spacial score (nSPS) is 16.9. The van der Waals surface area contributed by atoms with Crippen molar-refractivity contribution < 1.29 is 0 Å². The number of nitrogens with one attached hydrogen (secondary N) is 1. The van der Waals surface area contributed by atoms with E-state index in [0.717, 1.165) is 31.7 Å². The van der Waals surface area contributed by atoms with Crippen LogP contribution in [0.4, 0.5) is 0 Å². The summed E-state index contributed by atoms with van der Waals surface area (Å²) in [7, 11) is 0. The summed E-state index contributed by atoms with van der Waals surface area (Å²) < 4.78 is 0. The maximum Gasteiger partial charge on any atom is 0.0559 e. The lowest BCUT2D eigenvalue weighted by Gasteiger charge is -2.34. The van der Waals surface area contributed by atoms with Crippen LogP contribution in [0.3, 0.4) is 0 Å². The smallest absolute Gasteiger partial charge is 0.0559 e. The fourth-order valence-corrected chi connectivity index (χ4v) is 2.82. The number of piperazine rings is 1. The van der Waals surface area contributed by atoms with Gasteiger partial charge in [-0.2, -0.15) is 0 Å². The molecule has 1 aromatic rings. The van der Waals surface area contributed by atoms with Crippen LogP contribution in [0.2, 0.25) is 10.0 Å². The molecule has 0 spiro atoms. The van der Waals surface area contributed by atoms with Crippen molar-refractivity contribution in [2.24, 2.45) is 0 Å². The molecule has 0 saturated carbocycles. The molecular weight excluding hydrogens is 326 g/mol. The summed E-state index contributed by atoms with van der Waals surface area (Å²) in [5.74, 6) is 0. The van der Waals surface area contributed by atoms with Crippen LogP contribution >= 0.6 is 48.0 Å². The lowest BCUT2D eigenvalue weighted by molar-refractivity contribution is 0.203. The highest BCUT2D eigenvalue weighted by atomic mass is 35.5. The summed E-state index contributed by atoms with van der Waals surface area (Å²) in [6, 6.07) is 5.72. The average molecular weight is 344 g/mol. The molecule has 0 amide bonds. The van der Waals surface area contributed by atoms with E-state index in [2.05, 4.69) is 16.8 Å². The molecule has 1 atom stereocenters. The summed E-state index contributed by atoms with van der Waals surface area (Å²) in [5.41, 5.74) is 0.965. The molecule has 19 heavy (non-hydrogen) atoms. The highest BCUT2D eigenvalue weighted by Gasteiger charge is 2.23. The molecule has 1 saturated heterocycles. The molecule has 1 aliphatic rings. The molecule has 1 heterocycles. The number of nitrogens with zero attached hydrogens (tertiary/aromatic N) is 1. The van der Waals surface area contributed by atoms with Crippen molar-refractivity contribution in [2.45, 2.75) is 6.04 Å².